The molecule has 1 spiro atoms. The Kier molecular flexibility index (Phi) is 10.9. The lowest BCUT2D eigenvalue weighted by atomic mass is 9.70. The van der Waals surface area contributed by atoms with Gasteiger partial charge in [-0.05, 0) is 145 Å². The highest BCUT2D eigenvalue weighted by Gasteiger charge is 2.52. The summed E-state index contributed by atoms with van der Waals surface area (Å²) < 4.78 is 4.98. The van der Waals surface area contributed by atoms with Crippen LogP contribution in [0.2, 0.25) is 0 Å². The molecule has 0 fully saturated rings. The zero-order chi connectivity index (χ0) is 57.4. The predicted octanol–water partition coefficient (Wildman–Crippen LogP) is 20.3. The number of para-hydroxylation sites is 1. The van der Waals surface area contributed by atoms with Gasteiger partial charge in [0.05, 0.1) is 27.5 Å². The number of nitrogens with zero attached hydrogens (tertiary/aromatic N) is 4. The van der Waals surface area contributed by atoms with Crippen molar-refractivity contribution in [3.05, 3.63) is 335 Å². The van der Waals surface area contributed by atoms with Crippen molar-refractivity contribution in [1.82, 2.24) is 9.13 Å². The summed E-state index contributed by atoms with van der Waals surface area (Å²) in [5.41, 5.74) is 31.6. The van der Waals surface area contributed by atoms with Gasteiger partial charge in [0.1, 0.15) is 5.70 Å². The largest absolute Gasteiger partial charge is 0.309 e. The number of hydrogen-bond donors (Lipinski definition) is 0. The normalized spacial score (nSPS) is 14.1. The molecule has 0 radical (unpaired) electrons. The van der Waals surface area contributed by atoms with E-state index in [9.17, 15) is 0 Å². The molecular formula is C82H56N4. The van der Waals surface area contributed by atoms with E-state index in [2.05, 4.69) is 279 Å². The number of aliphatic imine (C=N–C) groups is 2. The molecule has 4 nitrogen and oxygen atoms in total. The van der Waals surface area contributed by atoms with Crippen molar-refractivity contribution in [3.63, 3.8) is 0 Å². The molecule has 0 bridgehead atoms. The predicted molar refractivity (Wildman–Crippen MR) is 359 cm³/mol. The molecule has 0 saturated carbocycles. The van der Waals surface area contributed by atoms with E-state index in [0.717, 1.165) is 55.9 Å². The molecule has 12 aromatic carbocycles. The standard InChI is InChI=1S/C82H56N4/c1-5-74(53-26-11-7-12-27-53)84-80(83-51(2)52-24-9-6-10-25-52)56-28-23-31-58(46-56)86-76-45-41-54(55-40-44-75-66(48-55)67-49-64-61-34-15-19-36-68(61)81(3,4)73(64)50-77(67)85(75)57-29-13-8-14-30-57)47-65(76)62-42-43-72-78(79(62)86)63-35-18-22-39-71(63)82(72)69-37-20-16-32-59(69)60-33-17-21-38-70(60)82/h6-50H,1H2,2-4H3. The quantitative estimate of drug-likeness (QED) is 0.0866. The van der Waals surface area contributed by atoms with E-state index < -0.39 is 5.41 Å². The van der Waals surface area contributed by atoms with Gasteiger partial charge >= 0.3 is 0 Å². The second-order valence-electron chi connectivity index (χ2n) is 23.8. The first kappa shape index (κ1) is 49.7. The monoisotopic (exact) mass is 1100 g/mol. The van der Waals surface area contributed by atoms with E-state index in [-0.39, 0.29) is 5.41 Å². The molecular weight excluding hydrogens is 1040 g/mol. The number of hydrogen-bond acceptors (Lipinski definition) is 1. The van der Waals surface area contributed by atoms with Crippen molar-refractivity contribution in [2.75, 3.05) is 0 Å². The maximum absolute atomic E-state index is 5.36. The van der Waals surface area contributed by atoms with Crippen LogP contribution in [0.25, 0.3) is 105 Å². The Morgan fingerprint density at radius 2 is 0.884 bits per heavy atom. The fraction of sp³-hybridized carbons (Fsp3) is 0.0610. The van der Waals surface area contributed by atoms with Gasteiger partial charge in [-0.15, -0.1) is 5.73 Å². The van der Waals surface area contributed by atoms with Gasteiger partial charge in [-0.2, -0.15) is 0 Å². The summed E-state index contributed by atoms with van der Waals surface area (Å²) in [4.78, 5) is 10.7. The molecule has 3 aliphatic rings. The molecule has 3 aliphatic carbocycles. The van der Waals surface area contributed by atoms with Crippen molar-refractivity contribution in [3.8, 4) is 55.9 Å². The topological polar surface area (TPSA) is 34.6 Å². The molecule has 0 N–H and O–H groups in total. The summed E-state index contributed by atoms with van der Waals surface area (Å²) in [6, 6.07) is 100. The third-order valence-electron chi connectivity index (χ3n) is 19.0. The average molecular weight is 1100 g/mol. The third kappa shape index (κ3) is 7.05. The fourth-order valence-corrected chi connectivity index (χ4v) is 15.1. The van der Waals surface area contributed by atoms with Crippen LogP contribution in [0.3, 0.4) is 0 Å². The molecule has 0 unspecified atom stereocenters. The smallest absolute Gasteiger partial charge is 0.160 e. The summed E-state index contributed by atoms with van der Waals surface area (Å²) in [7, 11) is 0. The minimum Gasteiger partial charge on any atom is -0.309 e. The van der Waals surface area contributed by atoms with Crippen LogP contribution < -0.4 is 0 Å². The van der Waals surface area contributed by atoms with Crippen LogP contribution in [0.4, 0.5) is 0 Å². The van der Waals surface area contributed by atoms with Crippen LogP contribution >= 0.6 is 0 Å². The van der Waals surface area contributed by atoms with Crippen LogP contribution in [-0.4, -0.2) is 20.7 Å². The summed E-state index contributed by atoms with van der Waals surface area (Å²) in [5.74, 6) is 0.571. The fourth-order valence-electron chi connectivity index (χ4n) is 15.1. The highest BCUT2D eigenvalue weighted by molar-refractivity contribution is 6.19. The van der Waals surface area contributed by atoms with E-state index >= 15 is 0 Å². The van der Waals surface area contributed by atoms with Gasteiger partial charge in [-0.25, -0.2) is 9.98 Å². The van der Waals surface area contributed by atoms with Crippen molar-refractivity contribution < 1.29 is 0 Å². The summed E-state index contributed by atoms with van der Waals surface area (Å²) in [6.45, 7) is 10.9. The first-order valence-electron chi connectivity index (χ1n) is 29.7. The molecule has 17 rings (SSSR count). The van der Waals surface area contributed by atoms with Crippen LogP contribution in [0, 0.1) is 0 Å². The van der Waals surface area contributed by atoms with Crippen LogP contribution in [0.5, 0.6) is 0 Å². The Morgan fingerprint density at radius 3 is 1.53 bits per heavy atom. The van der Waals surface area contributed by atoms with Crippen molar-refractivity contribution in [1.29, 1.82) is 0 Å². The van der Waals surface area contributed by atoms with Crippen molar-refractivity contribution in [2.45, 2.75) is 31.6 Å². The Bertz CT molecular complexity index is 5270. The van der Waals surface area contributed by atoms with Crippen molar-refractivity contribution >= 4 is 60.9 Å². The summed E-state index contributed by atoms with van der Waals surface area (Å²) >= 11 is 0. The second-order valence-corrected chi connectivity index (χ2v) is 23.8. The molecule has 14 aromatic rings. The molecule has 2 heterocycles. The van der Waals surface area contributed by atoms with E-state index in [1.807, 2.05) is 36.4 Å². The summed E-state index contributed by atoms with van der Waals surface area (Å²) in [6.07, 6.45) is 0. The van der Waals surface area contributed by atoms with Gasteiger partial charge in [-0.1, -0.05) is 233 Å². The van der Waals surface area contributed by atoms with E-state index in [1.165, 1.54) is 99.3 Å². The molecule has 0 saturated heterocycles. The number of rotatable bonds is 7. The zero-order valence-electron chi connectivity index (χ0n) is 48.0. The third-order valence-corrected chi connectivity index (χ3v) is 19.0. The van der Waals surface area contributed by atoms with E-state index in [1.54, 1.807) is 0 Å². The van der Waals surface area contributed by atoms with Gasteiger partial charge in [-0.3, -0.25) is 0 Å². The van der Waals surface area contributed by atoms with Crippen LogP contribution in [0.1, 0.15) is 70.8 Å². The second kappa shape index (κ2) is 18.8. The van der Waals surface area contributed by atoms with Crippen LogP contribution in [-0.2, 0) is 10.8 Å². The highest BCUT2D eigenvalue weighted by atomic mass is 15.0. The van der Waals surface area contributed by atoms with Crippen LogP contribution in [0.15, 0.2) is 295 Å². The molecule has 4 heteroatoms. The maximum Gasteiger partial charge on any atom is 0.160 e. The minimum absolute atomic E-state index is 0.131. The Morgan fingerprint density at radius 1 is 0.372 bits per heavy atom. The SMILES string of the molecule is C=C=C(N=C(N=C(C)c1ccccc1)c1cccc(-n2c3ccc(-c4ccc5c(c4)c4cc6c(cc4n5-c4ccccc4)C(C)(C)c4ccccc4-6)cc3c3ccc4c(c32)-c2ccccc2C42c3ccccc3-c3ccccc32)c1)c1ccccc1. The number of amidine groups is 1. The lowest BCUT2D eigenvalue weighted by Gasteiger charge is -2.30. The lowest BCUT2D eigenvalue weighted by molar-refractivity contribution is 0.661. The molecule has 0 aliphatic heterocycles. The van der Waals surface area contributed by atoms with Gasteiger partial charge in [0.25, 0.3) is 0 Å². The van der Waals surface area contributed by atoms with E-state index in [4.69, 9.17) is 9.98 Å². The van der Waals surface area contributed by atoms with Gasteiger partial charge in [0.15, 0.2) is 5.84 Å². The number of fused-ring (bicyclic) bond motifs is 20. The van der Waals surface area contributed by atoms with Gasteiger partial charge in [0, 0.05) is 60.7 Å². The molecule has 404 valence electrons. The maximum atomic E-state index is 5.36. The highest BCUT2D eigenvalue weighted by Crippen LogP contribution is 2.64. The molecule has 86 heavy (non-hydrogen) atoms. The van der Waals surface area contributed by atoms with Gasteiger partial charge < -0.3 is 9.13 Å². The summed E-state index contributed by atoms with van der Waals surface area (Å²) in [5, 5.41) is 4.83. The Labute approximate surface area is 500 Å². The number of benzene rings is 12. The van der Waals surface area contributed by atoms with Gasteiger partial charge in [0.2, 0.25) is 0 Å². The first-order valence-corrected chi connectivity index (χ1v) is 29.7. The molecule has 0 amide bonds. The zero-order valence-corrected chi connectivity index (χ0v) is 48.0. The molecule has 0 atom stereocenters. The Hall–Kier alpha value is -10.9. The Balaban J connectivity index is 0.923. The first-order chi connectivity index (χ1) is 42.3. The lowest BCUT2D eigenvalue weighted by Crippen LogP contribution is -2.25. The van der Waals surface area contributed by atoms with E-state index in [0.29, 0.717) is 11.5 Å². The average Bonchev–Trinajstić information content (AvgIpc) is 1.51. The molecule has 2 aromatic heterocycles. The van der Waals surface area contributed by atoms with Crippen molar-refractivity contribution in [2.24, 2.45) is 9.98 Å². The minimum atomic E-state index is -0.526. The number of aromatic nitrogens is 2.